The maximum absolute atomic E-state index is 13.4. The Morgan fingerprint density at radius 3 is 2.68 bits per heavy atom. The molecule has 2 saturated heterocycles. The molecule has 0 saturated carbocycles. The van der Waals surface area contributed by atoms with Crippen molar-refractivity contribution in [2.24, 2.45) is 0 Å². The van der Waals surface area contributed by atoms with Gasteiger partial charge >= 0.3 is 0 Å². The first kappa shape index (κ1) is 21.9. The number of hydrogen-bond acceptors (Lipinski definition) is 5. The van der Waals surface area contributed by atoms with Crippen molar-refractivity contribution < 1.29 is 9.53 Å². The Morgan fingerprint density at radius 1 is 1.09 bits per heavy atom. The van der Waals surface area contributed by atoms with Crippen molar-refractivity contribution in [1.29, 1.82) is 0 Å². The molecule has 178 valence electrons. The molecule has 0 radical (unpaired) electrons. The summed E-state index contributed by atoms with van der Waals surface area (Å²) in [6.07, 6.45) is 6.16. The second kappa shape index (κ2) is 8.87. The quantitative estimate of drug-likeness (QED) is 0.623. The topological polar surface area (TPSA) is 64.7 Å². The summed E-state index contributed by atoms with van der Waals surface area (Å²) in [6, 6.07) is 8.49. The molecular formula is C26H30ClN5O2. The molecule has 1 amide bonds. The Hall–Kier alpha value is -2.61. The molecule has 3 aliphatic rings. The normalized spacial score (nSPS) is 22.2. The summed E-state index contributed by atoms with van der Waals surface area (Å²) in [7, 11) is 2.20. The first-order chi connectivity index (χ1) is 16.6. The van der Waals surface area contributed by atoms with Gasteiger partial charge in [0.15, 0.2) is 6.10 Å². The van der Waals surface area contributed by atoms with Crippen LogP contribution in [0.25, 0.3) is 22.2 Å². The van der Waals surface area contributed by atoms with Gasteiger partial charge in [-0.3, -0.25) is 9.69 Å². The van der Waals surface area contributed by atoms with Gasteiger partial charge in [0, 0.05) is 72.6 Å². The van der Waals surface area contributed by atoms with Crippen LogP contribution in [-0.2, 0) is 11.2 Å². The zero-order valence-electron chi connectivity index (χ0n) is 19.5. The van der Waals surface area contributed by atoms with Crippen molar-refractivity contribution in [3.63, 3.8) is 0 Å². The van der Waals surface area contributed by atoms with E-state index in [1.165, 1.54) is 12.8 Å². The van der Waals surface area contributed by atoms with Gasteiger partial charge < -0.3 is 19.5 Å². The predicted octanol–water partition coefficient (Wildman–Crippen LogP) is 3.43. The third kappa shape index (κ3) is 3.96. The van der Waals surface area contributed by atoms with E-state index in [1.807, 2.05) is 35.4 Å². The van der Waals surface area contributed by atoms with E-state index in [4.69, 9.17) is 16.3 Å². The van der Waals surface area contributed by atoms with E-state index < -0.39 is 6.10 Å². The minimum absolute atomic E-state index is 0.0859. The highest BCUT2D eigenvalue weighted by Crippen LogP contribution is 2.43. The summed E-state index contributed by atoms with van der Waals surface area (Å²) >= 11 is 6.50. The number of pyridine rings is 1. The van der Waals surface area contributed by atoms with Crippen molar-refractivity contribution >= 4 is 28.5 Å². The third-order valence-corrected chi connectivity index (χ3v) is 7.87. The number of aromatic amines is 1. The summed E-state index contributed by atoms with van der Waals surface area (Å²) in [5.74, 6) is 0.851. The number of nitrogens with one attached hydrogen (secondary N) is 1. The van der Waals surface area contributed by atoms with Crippen LogP contribution in [-0.4, -0.2) is 89.0 Å². The number of carbonyl (C=O) groups is 1. The number of nitrogens with zero attached hydrogens (tertiary/aromatic N) is 4. The largest absolute Gasteiger partial charge is 0.479 e. The summed E-state index contributed by atoms with van der Waals surface area (Å²) in [6.45, 7) is 5.75. The molecule has 6 rings (SSSR count). The summed E-state index contributed by atoms with van der Waals surface area (Å²) in [5.41, 5.74) is 3.73. The zero-order valence-corrected chi connectivity index (χ0v) is 20.2. The Bertz CT molecular complexity index is 1210. The first-order valence-corrected chi connectivity index (χ1v) is 12.6. The van der Waals surface area contributed by atoms with E-state index in [0.29, 0.717) is 17.5 Å². The molecule has 0 unspecified atom stereocenters. The molecule has 7 nitrogen and oxygen atoms in total. The maximum atomic E-state index is 13.4. The maximum Gasteiger partial charge on any atom is 0.264 e. The number of halogens is 1. The highest BCUT2D eigenvalue weighted by Gasteiger charge is 2.36. The molecule has 0 spiro atoms. The average Bonchev–Trinajstić information content (AvgIpc) is 3.51. The number of rotatable bonds is 3. The fourth-order valence-electron chi connectivity index (χ4n) is 5.73. The summed E-state index contributed by atoms with van der Waals surface area (Å²) in [5, 5.41) is 1.66. The molecule has 2 aromatic heterocycles. The molecule has 1 aromatic carbocycles. The number of carbonyl (C=O) groups excluding carboxylic acids is 1. The molecule has 0 bridgehead atoms. The van der Waals surface area contributed by atoms with Gasteiger partial charge in [0.25, 0.3) is 5.91 Å². The molecule has 34 heavy (non-hydrogen) atoms. The number of H-pyrrole nitrogens is 1. The molecule has 2 fully saturated rings. The monoisotopic (exact) mass is 479 g/mol. The minimum Gasteiger partial charge on any atom is -0.479 e. The van der Waals surface area contributed by atoms with Gasteiger partial charge in [0.2, 0.25) is 0 Å². The SMILES string of the molecule is CN1CCC(N2CCN(C(=O)[C@H]3Cc4cc(Cl)cc(-c5ccnc6[nH]ccc56)c4O3)CC2)CC1. The zero-order chi connectivity index (χ0) is 23.2. The summed E-state index contributed by atoms with van der Waals surface area (Å²) < 4.78 is 6.34. The molecular weight excluding hydrogens is 450 g/mol. The molecule has 8 heteroatoms. The first-order valence-electron chi connectivity index (χ1n) is 12.2. The van der Waals surface area contributed by atoms with Crippen molar-refractivity contribution in [2.45, 2.75) is 31.4 Å². The number of piperidine rings is 1. The van der Waals surface area contributed by atoms with Crippen molar-refractivity contribution in [2.75, 3.05) is 46.3 Å². The summed E-state index contributed by atoms with van der Waals surface area (Å²) in [4.78, 5) is 27.9. The second-order valence-electron chi connectivity index (χ2n) is 9.75. The van der Waals surface area contributed by atoms with E-state index in [-0.39, 0.29) is 5.91 Å². The molecule has 5 heterocycles. The highest BCUT2D eigenvalue weighted by atomic mass is 35.5. The van der Waals surface area contributed by atoms with Gasteiger partial charge in [-0.1, -0.05) is 11.6 Å². The lowest BCUT2D eigenvalue weighted by Crippen LogP contribution is -2.56. The molecule has 3 aliphatic heterocycles. The Kier molecular flexibility index (Phi) is 5.71. The lowest BCUT2D eigenvalue weighted by Gasteiger charge is -2.42. The van der Waals surface area contributed by atoms with Gasteiger partial charge in [-0.15, -0.1) is 0 Å². The average molecular weight is 480 g/mol. The molecule has 1 atom stereocenters. The van der Waals surface area contributed by atoms with Crippen LogP contribution in [0.4, 0.5) is 0 Å². The number of benzene rings is 1. The van der Waals surface area contributed by atoms with Crippen LogP contribution in [0.3, 0.4) is 0 Å². The van der Waals surface area contributed by atoms with Gasteiger partial charge in [-0.05, 0) is 62.8 Å². The lowest BCUT2D eigenvalue weighted by atomic mass is 9.99. The smallest absolute Gasteiger partial charge is 0.264 e. The Morgan fingerprint density at radius 2 is 1.88 bits per heavy atom. The van der Waals surface area contributed by atoms with Crippen LogP contribution in [0.15, 0.2) is 36.7 Å². The fraction of sp³-hybridized carbons (Fsp3) is 0.462. The number of fused-ring (bicyclic) bond motifs is 2. The Balaban J connectivity index is 1.17. The van der Waals surface area contributed by atoms with Crippen LogP contribution in [0.5, 0.6) is 5.75 Å². The van der Waals surface area contributed by atoms with E-state index in [9.17, 15) is 4.79 Å². The number of hydrogen-bond donors (Lipinski definition) is 1. The number of aromatic nitrogens is 2. The van der Waals surface area contributed by atoms with E-state index in [1.54, 1.807) is 6.20 Å². The van der Waals surface area contributed by atoms with Crippen LogP contribution in [0.1, 0.15) is 18.4 Å². The highest BCUT2D eigenvalue weighted by molar-refractivity contribution is 6.31. The molecule has 3 aromatic rings. The van der Waals surface area contributed by atoms with Crippen LogP contribution < -0.4 is 4.74 Å². The fourth-order valence-corrected chi connectivity index (χ4v) is 5.97. The Labute approximate surface area is 204 Å². The second-order valence-corrected chi connectivity index (χ2v) is 10.2. The lowest BCUT2D eigenvalue weighted by molar-refractivity contribution is -0.140. The molecule has 0 aliphatic carbocycles. The van der Waals surface area contributed by atoms with Gasteiger partial charge in [-0.2, -0.15) is 0 Å². The number of ether oxygens (including phenoxy) is 1. The number of amides is 1. The van der Waals surface area contributed by atoms with Gasteiger partial charge in [0.1, 0.15) is 11.4 Å². The van der Waals surface area contributed by atoms with E-state index in [2.05, 4.69) is 26.8 Å². The minimum atomic E-state index is -0.495. The van der Waals surface area contributed by atoms with E-state index in [0.717, 1.165) is 72.7 Å². The molecule has 1 N–H and O–H groups in total. The van der Waals surface area contributed by atoms with Gasteiger partial charge in [-0.25, -0.2) is 4.98 Å². The van der Waals surface area contributed by atoms with Crippen molar-refractivity contribution in [3.05, 3.63) is 47.2 Å². The van der Waals surface area contributed by atoms with Gasteiger partial charge in [0.05, 0.1) is 0 Å². The van der Waals surface area contributed by atoms with Crippen molar-refractivity contribution in [3.8, 4) is 16.9 Å². The van der Waals surface area contributed by atoms with Crippen LogP contribution >= 0.6 is 11.6 Å². The van der Waals surface area contributed by atoms with Crippen LogP contribution in [0.2, 0.25) is 5.02 Å². The number of piperazine rings is 1. The standard InChI is InChI=1S/C26H30ClN5O2/c1-30-8-4-19(5-9-30)31-10-12-32(13-11-31)26(33)23-15-17-14-18(27)16-22(24(17)34-23)20-2-6-28-25-21(20)3-7-29-25/h2-3,6-7,14,16,19,23H,4-5,8-13,15H2,1H3,(H,28,29)/t23-/m1/s1. The predicted molar refractivity (Wildman–Crippen MR) is 133 cm³/mol. The van der Waals surface area contributed by atoms with E-state index >= 15 is 0 Å². The number of likely N-dealkylation sites (tertiary alicyclic amines) is 1. The van der Waals surface area contributed by atoms with Crippen LogP contribution in [0, 0.1) is 0 Å². The van der Waals surface area contributed by atoms with Crippen molar-refractivity contribution in [1.82, 2.24) is 24.7 Å². The third-order valence-electron chi connectivity index (χ3n) is 7.65.